The summed E-state index contributed by atoms with van der Waals surface area (Å²) in [6, 6.07) is 6.89. The Morgan fingerprint density at radius 2 is 2.04 bits per heavy atom. The van der Waals surface area contributed by atoms with E-state index in [-0.39, 0.29) is 11.5 Å². The maximum atomic E-state index is 11.9. The summed E-state index contributed by atoms with van der Waals surface area (Å²) < 4.78 is 1.55. The van der Waals surface area contributed by atoms with Gasteiger partial charge in [0.15, 0.2) is 5.16 Å². The summed E-state index contributed by atoms with van der Waals surface area (Å²) >= 11 is 13.5. The van der Waals surface area contributed by atoms with Crippen LogP contribution in [0.4, 0.5) is 0 Å². The Morgan fingerprint density at radius 3 is 2.78 bits per heavy atom. The third-order valence-electron chi connectivity index (χ3n) is 3.98. The highest BCUT2D eigenvalue weighted by atomic mass is 35.5. The number of nitrogens with zero attached hydrogens (tertiary/aromatic N) is 2. The Hall–Kier alpha value is -1.50. The lowest BCUT2D eigenvalue weighted by atomic mass is 10.1. The van der Waals surface area contributed by atoms with Crippen molar-refractivity contribution in [3.05, 3.63) is 55.9 Å². The number of benzene rings is 1. The number of aryl methyl sites for hydroxylation is 1. The van der Waals surface area contributed by atoms with Crippen molar-refractivity contribution >= 4 is 40.9 Å². The predicted molar refractivity (Wildman–Crippen MR) is 112 cm³/mol. The molecule has 0 saturated carbocycles. The second-order valence-electron chi connectivity index (χ2n) is 6.22. The number of carbonyl (C=O) groups excluding carboxylic acids is 1. The van der Waals surface area contributed by atoms with Gasteiger partial charge in [0, 0.05) is 47.6 Å². The third kappa shape index (κ3) is 7.20. The van der Waals surface area contributed by atoms with Gasteiger partial charge in [-0.25, -0.2) is 4.98 Å². The minimum absolute atomic E-state index is 0.0335. The van der Waals surface area contributed by atoms with E-state index >= 15 is 0 Å². The Morgan fingerprint density at radius 1 is 1.26 bits per heavy atom. The number of hydrogen-bond donors (Lipinski definition) is 1. The molecule has 0 aliphatic carbocycles. The summed E-state index contributed by atoms with van der Waals surface area (Å²) in [6.07, 6.45) is 2.82. The van der Waals surface area contributed by atoms with E-state index in [0.29, 0.717) is 34.6 Å². The monoisotopic (exact) mass is 427 g/mol. The molecule has 27 heavy (non-hydrogen) atoms. The summed E-state index contributed by atoms with van der Waals surface area (Å²) in [5.74, 6) is 0.850. The van der Waals surface area contributed by atoms with Crippen molar-refractivity contribution in [2.75, 3.05) is 12.3 Å². The van der Waals surface area contributed by atoms with Gasteiger partial charge in [-0.1, -0.05) is 41.0 Å². The van der Waals surface area contributed by atoms with E-state index in [0.717, 1.165) is 29.9 Å². The van der Waals surface area contributed by atoms with E-state index < -0.39 is 0 Å². The lowest BCUT2D eigenvalue weighted by molar-refractivity contribution is -0.121. The molecule has 2 rings (SSSR count). The van der Waals surface area contributed by atoms with Gasteiger partial charge >= 0.3 is 0 Å². The predicted octanol–water partition coefficient (Wildman–Crippen LogP) is 4.02. The van der Waals surface area contributed by atoms with Crippen LogP contribution in [-0.4, -0.2) is 27.8 Å². The van der Waals surface area contributed by atoms with Crippen LogP contribution in [0.3, 0.4) is 0 Å². The first-order valence-corrected chi connectivity index (χ1v) is 10.5. The van der Waals surface area contributed by atoms with E-state index in [2.05, 4.69) is 10.3 Å². The van der Waals surface area contributed by atoms with Gasteiger partial charge < -0.3 is 5.32 Å². The Labute approximate surface area is 173 Å². The minimum atomic E-state index is -0.0508. The standard InChI is InChI=1S/C19H23Cl2N3O2S/c1-13-11-18(26)24(2)19(23-13)27-10-4-3-5-17(25)22-9-8-14-6-7-15(20)12-16(14)21/h6-7,11-12H,3-5,8-10H2,1-2H3,(H,22,25). The molecule has 1 aromatic heterocycles. The van der Waals surface area contributed by atoms with E-state index in [4.69, 9.17) is 23.2 Å². The van der Waals surface area contributed by atoms with Crippen molar-refractivity contribution in [2.45, 2.75) is 37.8 Å². The second kappa shape index (κ2) is 10.7. The van der Waals surface area contributed by atoms with Crippen LogP contribution in [0.2, 0.25) is 10.0 Å². The number of carbonyl (C=O) groups is 1. The van der Waals surface area contributed by atoms with Crippen LogP contribution < -0.4 is 10.9 Å². The number of unbranched alkanes of at least 4 members (excludes halogenated alkanes) is 1. The molecule has 0 spiro atoms. The van der Waals surface area contributed by atoms with Gasteiger partial charge in [0.1, 0.15) is 0 Å². The molecule has 0 saturated heterocycles. The fourth-order valence-corrected chi connectivity index (χ4v) is 3.98. The average Bonchev–Trinajstić information content (AvgIpc) is 2.60. The van der Waals surface area contributed by atoms with Crippen molar-refractivity contribution in [2.24, 2.45) is 7.05 Å². The van der Waals surface area contributed by atoms with Gasteiger partial charge in [0.2, 0.25) is 5.91 Å². The molecule has 8 heteroatoms. The molecule has 0 radical (unpaired) electrons. The normalized spacial score (nSPS) is 10.8. The van der Waals surface area contributed by atoms with Crippen molar-refractivity contribution in [1.29, 1.82) is 0 Å². The van der Waals surface area contributed by atoms with Crippen molar-refractivity contribution in [1.82, 2.24) is 14.9 Å². The zero-order chi connectivity index (χ0) is 19.8. The average molecular weight is 428 g/mol. The molecule has 1 N–H and O–H groups in total. The summed E-state index contributed by atoms with van der Waals surface area (Å²) in [4.78, 5) is 28.0. The number of aromatic nitrogens is 2. The summed E-state index contributed by atoms with van der Waals surface area (Å²) in [5.41, 5.74) is 1.64. The van der Waals surface area contributed by atoms with Gasteiger partial charge in [-0.15, -0.1) is 0 Å². The minimum Gasteiger partial charge on any atom is -0.356 e. The van der Waals surface area contributed by atoms with Gasteiger partial charge in [0.25, 0.3) is 5.56 Å². The van der Waals surface area contributed by atoms with E-state index in [1.54, 1.807) is 23.7 Å². The maximum Gasteiger partial charge on any atom is 0.254 e. The van der Waals surface area contributed by atoms with Crippen LogP contribution in [0, 0.1) is 6.92 Å². The molecule has 1 amide bonds. The van der Waals surface area contributed by atoms with Crippen molar-refractivity contribution in [3.63, 3.8) is 0 Å². The SMILES string of the molecule is Cc1cc(=O)n(C)c(SCCCCC(=O)NCCc2ccc(Cl)cc2Cl)n1. The number of rotatable bonds is 9. The molecule has 0 aliphatic rings. The summed E-state index contributed by atoms with van der Waals surface area (Å²) in [6.45, 7) is 2.36. The largest absolute Gasteiger partial charge is 0.356 e. The topological polar surface area (TPSA) is 64.0 Å². The highest BCUT2D eigenvalue weighted by Gasteiger charge is 2.06. The molecule has 146 valence electrons. The molecule has 2 aromatic rings. The zero-order valence-electron chi connectivity index (χ0n) is 15.4. The van der Waals surface area contributed by atoms with Crippen LogP contribution in [0.15, 0.2) is 34.2 Å². The number of nitrogens with one attached hydrogen (secondary N) is 1. The number of thioether (sulfide) groups is 1. The molecule has 0 fully saturated rings. The number of halogens is 2. The smallest absolute Gasteiger partial charge is 0.254 e. The zero-order valence-corrected chi connectivity index (χ0v) is 17.8. The molecule has 0 aliphatic heterocycles. The van der Waals surface area contributed by atoms with E-state index in [9.17, 15) is 9.59 Å². The third-order valence-corrected chi connectivity index (χ3v) is 5.69. The van der Waals surface area contributed by atoms with Crippen molar-refractivity contribution in [3.8, 4) is 0 Å². The quantitative estimate of drug-likeness (QED) is 0.372. The van der Waals surface area contributed by atoms with Crippen molar-refractivity contribution < 1.29 is 4.79 Å². The van der Waals surface area contributed by atoms with Crippen LogP contribution in [0.5, 0.6) is 0 Å². The molecule has 1 aromatic carbocycles. The number of hydrogen-bond acceptors (Lipinski definition) is 4. The highest BCUT2D eigenvalue weighted by molar-refractivity contribution is 7.99. The van der Waals surface area contributed by atoms with Gasteiger partial charge in [-0.05, 0) is 43.9 Å². The van der Waals surface area contributed by atoms with Crippen LogP contribution >= 0.6 is 35.0 Å². The molecule has 0 atom stereocenters. The summed E-state index contributed by atoms with van der Waals surface area (Å²) in [7, 11) is 1.72. The molecule has 1 heterocycles. The number of amides is 1. The first-order valence-electron chi connectivity index (χ1n) is 8.75. The van der Waals surface area contributed by atoms with Crippen LogP contribution in [-0.2, 0) is 18.3 Å². The van der Waals surface area contributed by atoms with Crippen LogP contribution in [0.25, 0.3) is 0 Å². The molecular formula is C19H23Cl2N3O2S. The van der Waals surface area contributed by atoms with E-state index in [1.807, 2.05) is 13.0 Å². The van der Waals surface area contributed by atoms with Gasteiger partial charge in [-0.2, -0.15) is 0 Å². The van der Waals surface area contributed by atoms with Gasteiger partial charge in [0.05, 0.1) is 0 Å². The highest BCUT2D eigenvalue weighted by Crippen LogP contribution is 2.21. The first-order chi connectivity index (χ1) is 12.9. The fourth-order valence-electron chi connectivity index (χ4n) is 2.46. The summed E-state index contributed by atoms with van der Waals surface area (Å²) in [5, 5.41) is 4.84. The molecule has 0 unspecified atom stereocenters. The van der Waals surface area contributed by atoms with Crippen LogP contribution in [0.1, 0.15) is 30.5 Å². The van der Waals surface area contributed by atoms with E-state index in [1.165, 1.54) is 17.8 Å². The second-order valence-corrected chi connectivity index (χ2v) is 8.12. The molecule has 0 bridgehead atoms. The van der Waals surface area contributed by atoms with Gasteiger partial charge in [-0.3, -0.25) is 14.2 Å². The Bertz CT molecular complexity index is 855. The lowest BCUT2D eigenvalue weighted by Crippen LogP contribution is -2.25. The maximum absolute atomic E-state index is 11.9. The Kier molecular flexibility index (Phi) is 8.67. The first kappa shape index (κ1) is 21.8. The Balaban J connectivity index is 1.63. The molecule has 5 nitrogen and oxygen atoms in total. The molecular weight excluding hydrogens is 405 g/mol. The fraction of sp³-hybridized carbons (Fsp3) is 0.421. The lowest BCUT2D eigenvalue weighted by Gasteiger charge is -2.08.